The Morgan fingerprint density at radius 1 is 0.647 bits per heavy atom. The van der Waals surface area contributed by atoms with Crippen molar-refractivity contribution < 1.29 is 0 Å². The topological polar surface area (TPSA) is 89.6 Å². The lowest BCUT2D eigenvalue weighted by Crippen LogP contribution is -2.53. The van der Waals surface area contributed by atoms with Crippen LogP contribution >= 0.6 is 0 Å². The average Bonchev–Trinajstić information content (AvgIpc) is 3.68. The molecule has 1 N–H and O–H groups in total. The first kappa shape index (κ1) is 20.1. The van der Waals surface area contributed by atoms with Crippen molar-refractivity contribution in [2.24, 2.45) is 0 Å². The van der Waals surface area contributed by atoms with Crippen LogP contribution in [0.1, 0.15) is 11.7 Å². The first-order valence-electron chi connectivity index (χ1n) is 10.9. The third kappa shape index (κ3) is 3.86. The van der Waals surface area contributed by atoms with Crippen molar-refractivity contribution in [2.45, 2.75) is 6.04 Å². The molecule has 164 valence electrons. The SMILES string of the molecule is C1=CN(B(n2ccc(-c3ccccn3)n2)n2ccc(-c3ccccn3)n2)NC1c1ccccn1. The Morgan fingerprint density at radius 2 is 1.24 bits per heavy atom. The summed E-state index contributed by atoms with van der Waals surface area (Å²) in [5, 5.41) is 9.66. The predicted octanol–water partition coefficient (Wildman–Crippen LogP) is 3.06. The maximum absolute atomic E-state index is 4.83. The van der Waals surface area contributed by atoms with E-state index in [0.29, 0.717) is 0 Å². The molecule has 34 heavy (non-hydrogen) atoms. The van der Waals surface area contributed by atoms with E-state index < -0.39 is 7.12 Å². The highest BCUT2D eigenvalue weighted by molar-refractivity contribution is 6.52. The van der Waals surface area contributed by atoms with E-state index in [9.17, 15) is 0 Å². The molecule has 0 fully saturated rings. The zero-order valence-corrected chi connectivity index (χ0v) is 18.1. The molecule has 6 heterocycles. The quantitative estimate of drug-likeness (QED) is 0.402. The molecule has 0 saturated carbocycles. The number of rotatable bonds is 6. The lowest BCUT2D eigenvalue weighted by molar-refractivity contribution is 0.395. The molecule has 0 spiro atoms. The molecule has 1 unspecified atom stereocenters. The molecule has 9 nitrogen and oxygen atoms in total. The summed E-state index contributed by atoms with van der Waals surface area (Å²) in [4.78, 5) is 15.3. The van der Waals surface area contributed by atoms with Gasteiger partial charge in [0.05, 0.1) is 23.1 Å². The molecule has 1 aliphatic heterocycles. The van der Waals surface area contributed by atoms with Gasteiger partial charge in [-0.3, -0.25) is 24.1 Å². The van der Waals surface area contributed by atoms with Gasteiger partial charge in [0.25, 0.3) is 0 Å². The van der Waals surface area contributed by atoms with Gasteiger partial charge < -0.3 is 4.92 Å². The maximum atomic E-state index is 4.83. The molecule has 5 aromatic heterocycles. The highest BCUT2D eigenvalue weighted by atomic mass is 15.6. The van der Waals surface area contributed by atoms with E-state index in [1.54, 1.807) is 18.6 Å². The van der Waals surface area contributed by atoms with Gasteiger partial charge in [0.1, 0.15) is 11.4 Å². The second-order valence-electron chi connectivity index (χ2n) is 7.75. The van der Waals surface area contributed by atoms with Crippen LogP contribution in [0.3, 0.4) is 0 Å². The van der Waals surface area contributed by atoms with Crippen LogP contribution in [0.25, 0.3) is 22.8 Å². The summed E-state index contributed by atoms with van der Waals surface area (Å²) >= 11 is 0. The second-order valence-corrected chi connectivity index (χ2v) is 7.75. The van der Waals surface area contributed by atoms with Crippen LogP contribution in [-0.4, -0.2) is 46.4 Å². The van der Waals surface area contributed by atoms with Crippen LogP contribution in [0, 0.1) is 0 Å². The van der Waals surface area contributed by atoms with Crippen LogP contribution in [0.2, 0.25) is 0 Å². The zero-order valence-electron chi connectivity index (χ0n) is 18.1. The number of nitrogens with zero attached hydrogens (tertiary/aromatic N) is 8. The molecule has 5 aromatic rings. The van der Waals surface area contributed by atoms with Crippen LogP contribution < -0.4 is 5.43 Å². The Morgan fingerprint density at radius 3 is 1.76 bits per heavy atom. The maximum Gasteiger partial charge on any atom is 0.562 e. The monoisotopic (exact) mass is 445 g/mol. The molecule has 1 aliphatic rings. The minimum Gasteiger partial charge on any atom is -0.313 e. The Kier molecular flexibility index (Phi) is 5.17. The summed E-state index contributed by atoms with van der Waals surface area (Å²) in [5.41, 5.74) is 7.63. The third-order valence-electron chi connectivity index (χ3n) is 5.53. The summed E-state index contributed by atoms with van der Waals surface area (Å²) in [7, 11) is -0.403. The van der Waals surface area contributed by atoms with Crippen LogP contribution in [0.5, 0.6) is 0 Å². The van der Waals surface area contributed by atoms with E-state index in [0.717, 1.165) is 28.5 Å². The van der Waals surface area contributed by atoms with Crippen molar-refractivity contribution in [1.29, 1.82) is 0 Å². The van der Waals surface area contributed by atoms with E-state index in [1.807, 2.05) is 99.4 Å². The molecule has 0 radical (unpaired) electrons. The fourth-order valence-electron chi connectivity index (χ4n) is 3.90. The van der Waals surface area contributed by atoms with E-state index in [1.165, 1.54) is 0 Å². The van der Waals surface area contributed by atoms with Gasteiger partial charge >= 0.3 is 7.12 Å². The zero-order chi connectivity index (χ0) is 22.7. The summed E-state index contributed by atoms with van der Waals surface area (Å²) < 4.78 is 3.72. The summed E-state index contributed by atoms with van der Waals surface area (Å²) in [6, 6.07) is 21.3. The molecule has 0 amide bonds. The molecule has 0 bridgehead atoms. The Labute approximate surface area is 196 Å². The number of hydrazine groups is 1. The molecular formula is C24H20BN9. The minimum atomic E-state index is -0.403. The number of nitrogens with one attached hydrogen (secondary N) is 1. The minimum absolute atomic E-state index is 0.0552. The molecular weight excluding hydrogens is 425 g/mol. The molecule has 10 heteroatoms. The van der Waals surface area contributed by atoms with Gasteiger partial charge in [-0.05, 0) is 54.6 Å². The van der Waals surface area contributed by atoms with Gasteiger partial charge in [-0.1, -0.05) is 18.2 Å². The largest absolute Gasteiger partial charge is 0.562 e. The Balaban J connectivity index is 1.36. The molecule has 1 atom stereocenters. The summed E-state index contributed by atoms with van der Waals surface area (Å²) in [6.07, 6.45) is 13.3. The molecule has 0 saturated heterocycles. The standard InChI is InChI=1S/C24H20BN9/c1-4-13-26-19(7-1)22-10-16-32(29-22)25(33-17-11-23(30-33)20-8-2-5-14-27-20)34-18-12-24(31-34)21-9-3-6-15-28-21/h1-18,22,29H. The van der Waals surface area contributed by atoms with E-state index in [2.05, 4.69) is 26.5 Å². The number of aromatic nitrogens is 7. The fraction of sp³-hybridized carbons (Fsp3) is 0.0417. The third-order valence-corrected chi connectivity index (χ3v) is 5.53. The number of pyridine rings is 3. The van der Waals surface area contributed by atoms with E-state index in [4.69, 9.17) is 10.2 Å². The smallest absolute Gasteiger partial charge is 0.313 e. The van der Waals surface area contributed by atoms with E-state index >= 15 is 0 Å². The second kappa shape index (κ2) is 8.76. The average molecular weight is 445 g/mol. The van der Waals surface area contributed by atoms with Crippen molar-refractivity contribution in [2.75, 3.05) is 0 Å². The van der Waals surface area contributed by atoms with Gasteiger partial charge in [0.15, 0.2) is 0 Å². The molecule has 6 rings (SSSR count). The van der Waals surface area contributed by atoms with Crippen molar-refractivity contribution in [3.63, 3.8) is 0 Å². The Bertz CT molecular complexity index is 1320. The predicted molar refractivity (Wildman–Crippen MR) is 129 cm³/mol. The lowest BCUT2D eigenvalue weighted by Gasteiger charge is -2.25. The first-order valence-corrected chi connectivity index (χ1v) is 10.9. The number of hydrogen-bond donors (Lipinski definition) is 1. The molecule has 0 aliphatic carbocycles. The van der Waals surface area contributed by atoms with Crippen LogP contribution in [0.15, 0.2) is 110 Å². The van der Waals surface area contributed by atoms with Crippen molar-refractivity contribution in [3.8, 4) is 22.8 Å². The van der Waals surface area contributed by atoms with Crippen LogP contribution in [-0.2, 0) is 0 Å². The van der Waals surface area contributed by atoms with Crippen molar-refractivity contribution in [1.82, 2.24) is 44.7 Å². The molecule has 0 aromatic carbocycles. The summed E-state index contributed by atoms with van der Waals surface area (Å²) in [6.45, 7) is 0. The van der Waals surface area contributed by atoms with Gasteiger partial charge in [-0.2, -0.15) is 10.2 Å². The van der Waals surface area contributed by atoms with Gasteiger partial charge in [0, 0.05) is 37.2 Å². The first-order chi connectivity index (χ1) is 16.8. The lowest BCUT2D eigenvalue weighted by atomic mass is 9.94. The van der Waals surface area contributed by atoms with Crippen molar-refractivity contribution in [3.05, 3.63) is 116 Å². The van der Waals surface area contributed by atoms with Gasteiger partial charge in [-0.25, -0.2) is 5.43 Å². The van der Waals surface area contributed by atoms with Gasteiger partial charge in [-0.15, -0.1) is 0 Å². The van der Waals surface area contributed by atoms with Crippen molar-refractivity contribution >= 4 is 7.12 Å². The normalized spacial score (nSPS) is 15.1. The highest BCUT2D eigenvalue weighted by Crippen LogP contribution is 2.21. The highest BCUT2D eigenvalue weighted by Gasteiger charge is 2.35. The Hall–Kier alpha value is -4.57. The van der Waals surface area contributed by atoms with Gasteiger partial charge in [0.2, 0.25) is 0 Å². The van der Waals surface area contributed by atoms with Crippen LogP contribution in [0.4, 0.5) is 0 Å². The summed E-state index contributed by atoms with van der Waals surface area (Å²) in [5.74, 6) is 0. The fourth-order valence-corrected chi connectivity index (χ4v) is 3.90. The number of hydrogen-bond acceptors (Lipinski definition) is 7. The van der Waals surface area contributed by atoms with E-state index in [-0.39, 0.29) is 6.04 Å².